The van der Waals surface area contributed by atoms with Crippen LogP contribution in [0.15, 0.2) is 47.2 Å². The average molecular weight is 389 g/mol. The van der Waals surface area contributed by atoms with E-state index >= 15 is 0 Å². The highest BCUT2D eigenvalue weighted by Gasteiger charge is 2.21. The molecule has 0 unspecified atom stereocenters. The third-order valence-electron chi connectivity index (χ3n) is 3.84. The van der Waals surface area contributed by atoms with E-state index in [9.17, 15) is 4.79 Å². The highest BCUT2D eigenvalue weighted by atomic mass is 35.5. The molecule has 3 aromatic rings. The average Bonchev–Trinajstić information content (AvgIpc) is 3.17. The molecule has 0 radical (unpaired) electrons. The lowest BCUT2D eigenvalue weighted by molar-refractivity contribution is 0.102. The number of halogens is 1. The van der Waals surface area contributed by atoms with Crippen LogP contribution in [0.5, 0.6) is 17.2 Å². The SMILES string of the molecule is COc1ccc(Cl)cc1NC(=O)c1ncoc1-c1ccc(OC)c(OC)c1. The van der Waals surface area contributed by atoms with Gasteiger partial charge < -0.3 is 23.9 Å². The van der Waals surface area contributed by atoms with Gasteiger partial charge in [-0.1, -0.05) is 11.6 Å². The van der Waals surface area contributed by atoms with Gasteiger partial charge in [-0.2, -0.15) is 0 Å². The van der Waals surface area contributed by atoms with Crippen LogP contribution in [0.2, 0.25) is 5.02 Å². The van der Waals surface area contributed by atoms with Crippen molar-refractivity contribution in [3.63, 3.8) is 0 Å². The van der Waals surface area contributed by atoms with Gasteiger partial charge in [0.15, 0.2) is 29.3 Å². The molecule has 140 valence electrons. The Morgan fingerprint density at radius 2 is 1.70 bits per heavy atom. The zero-order chi connectivity index (χ0) is 19.4. The number of oxazole rings is 1. The summed E-state index contributed by atoms with van der Waals surface area (Å²) >= 11 is 6.00. The maximum absolute atomic E-state index is 12.7. The zero-order valence-electron chi connectivity index (χ0n) is 14.9. The minimum atomic E-state index is -0.464. The fourth-order valence-corrected chi connectivity index (χ4v) is 2.72. The molecule has 27 heavy (non-hydrogen) atoms. The Balaban J connectivity index is 1.93. The van der Waals surface area contributed by atoms with Crippen molar-refractivity contribution < 1.29 is 23.4 Å². The van der Waals surface area contributed by atoms with Crippen LogP contribution >= 0.6 is 11.6 Å². The van der Waals surface area contributed by atoms with E-state index in [1.54, 1.807) is 43.5 Å². The van der Waals surface area contributed by atoms with Gasteiger partial charge >= 0.3 is 0 Å². The summed E-state index contributed by atoms with van der Waals surface area (Å²) in [6, 6.07) is 10.1. The molecule has 1 heterocycles. The van der Waals surface area contributed by atoms with E-state index in [2.05, 4.69) is 10.3 Å². The second-order valence-corrected chi connectivity index (χ2v) is 5.84. The Morgan fingerprint density at radius 1 is 1.00 bits per heavy atom. The fourth-order valence-electron chi connectivity index (χ4n) is 2.55. The Labute approximate surface area is 160 Å². The Kier molecular flexibility index (Phi) is 5.52. The van der Waals surface area contributed by atoms with Gasteiger partial charge in [-0.3, -0.25) is 4.79 Å². The maximum atomic E-state index is 12.7. The van der Waals surface area contributed by atoms with Gasteiger partial charge in [0.25, 0.3) is 5.91 Å². The third-order valence-corrected chi connectivity index (χ3v) is 4.07. The van der Waals surface area contributed by atoms with Crippen molar-refractivity contribution in [2.75, 3.05) is 26.6 Å². The molecule has 1 N–H and O–H groups in total. The standard InChI is InChI=1S/C19H17ClN2O5/c1-24-14-7-5-12(20)9-13(14)22-19(23)17-18(27-10-21-17)11-4-6-15(25-2)16(8-11)26-3/h4-10H,1-3H3,(H,22,23). The summed E-state index contributed by atoms with van der Waals surface area (Å²) in [5, 5.41) is 3.20. The lowest BCUT2D eigenvalue weighted by Gasteiger charge is -2.11. The lowest BCUT2D eigenvalue weighted by atomic mass is 10.1. The molecule has 0 bridgehead atoms. The van der Waals surface area contributed by atoms with Gasteiger partial charge in [0.05, 0.1) is 27.0 Å². The van der Waals surface area contributed by atoms with Gasteiger partial charge in [0.2, 0.25) is 0 Å². The van der Waals surface area contributed by atoms with Crippen molar-refractivity contribution in [2.24, 2.45) is 0 Å². The summed E-state index contributed by atoms with van der Waals surface area (Å²) in [6.07, 6.45) is 1.20. The fraction of sp³-hybridized carbons (Fsp3) is 0.158. The minimum Gasteiger partial charge on any atom is -0.495 e. The monoisotopic (exact) mass is 388 g/mol. The number of ether oxygens (including phenoxy) is 3. The molecule has 2 aromatic carbocycles. The number of amides is 1. The van der Waals surface area contributed by atoms with Crippen LogP contribution < -0.4 is 19.5 Å². The number of hydrogen-bond acceptors (Lipinski definition) is 6. The highest BCUT2D eigenvalue weighted by Crippen LogP contribution is 2.34. The summed E-state index contributed by atoms with van der Waals surface area (Å²) in [5.74, 6) is 1.39. The van der Waals surface area contributed by atoms with E-state index in [0.29, 0.717) is 39.3 Å². The van der Waals surface area contributed by atoms with Crippen molar-refractivity contribution in [2.45, 2.75) is 0 Å². The first-order valence-electron chi connectivity index (χ1n) is 7.88. The Morgan fingerprint density at radius 3 is 2.41 bits per heavy atom. The van der Waals surface area contributed by atoms with Gasteiger partial charge in [-0.25, -0.2) is 4.98 Å². The summed E-state index contributed by atoms with van der Waals surface area (Å²) in [4.78, 5) is 16.8. The number of carbonyl (C=O) groups is 1. The largest absolute Gasteiger partial charge is 0.495 e. The third kappa shape index (κ3) is 3.83. The second-order valence-electron chi connectivity index (χ2n) is 5.40. The first kappa shape index (κ1) is 18.6. The lowest BCUT2D eigenvalue weighted by Crippen LogP contribution is -2.14. The molecule has 0 saturated heterocycles. The number of anilines is 1. The number of benzene rings is 2. The first-order valence-corrected chi connectivity index (χ1v) is 8.26. The van der Waals surface area contributed by atoms with Gasteiger partial charge in [-0.05, 0) is 36.4 Å². The quantitative estimate of drug-likeness (QED) is 0.678. The molecule has 1 aromatic heterocycles. The molecular weight excluding hydrogens is 372 g/mol. The van der Waals surface area contributed by atoms with E-state index in [4.69, 9.17) is 30.2 Å². The molecule has 0 fully saturated rings. The summed E-state index contributed by atoms with van der Waals surface area (Å²) in [5.41, 5.74) is 1.16. The van der Waals surface area contributed by atoms with Crippen molar-refractivity contribution >= 4 is 23.2 Å². The number of rotatable bonds is 6. The number of carbonyl (C=O) groups excluding carboxylic acids is 1. The molecule has 0 aliphatic rings. The van der Waals surface area contributed by atoms with Crippen LogP contribution in [0.3, 0.4) is 0 Å². The normalized spacial score (nSPS) is 10.4. The van der Waals surface area contributed by atoms with E-state index in [0.717, 1.165) is 0 Å². The second kappa shape index (κ2) is 8.01. The number of methoxy groups -OCH3 is 3. The van der Waals surface area contributed by atoms with Crippen molar-refractivity contribution in [3.05, 3.63) is 53.5 Å². The molecule has 0 aliphatic heterocycles. The maximum Gasteiger partial charge on any atom is 0.278 e. The number of hydrogen-bond donors (Lipinski definition) is 1. The number of aromatic nitrogens is 1. The molecule has 7 nitrogen and oxygen atoms in total. The van der Waals surface area contributed by atoms with Crippen LogP contribution in [-0.2, 0) is 0 Å². The van der Waals surface area contributed by atoms with E-state index < -0.39 is 5.91 Å². The topological polar surface area (TPSA) is 82.8 Å². The molecule has 3 rings (SSSR count). The van der Waals surface area contributed by atoms with E-state index in [-0.39, 0.29) is 5.69 Å². The molecule has 0 spiro atoms. The predicted octanol–water partition coefficient (Wildman–Crippen LogP) is 4.27. The molecule has 0 aliphatic carbocycles. The molecule has 8 heteroatoms. The van der Waals surface area contributed by atoms with Gasteiger partial charge in [-0.15, -0.1) is 0 Å². The summed E-state index contributed by atoms with van der Waals surface area (Å²) < 4.78 is 21.2. The zero-order valence-corrected chi connectivity index (χ0v) is 15.7. The van der Waals surface area contributed by atoms with Crippen LogP contribution in [0, 0.1) is 0 Å². The molecular formula is C19H17ClN2O5. The van der Waals surface area contributed by atoms with Gasteiger partial charge in [0, 0.05) is 10.6 Å². The van der Waals surface area contributed by atoms with Crippen LogP contribution in [0.25, 0.3) is 11.3 Å². The highest BCUT2D eigenvalue weighted by molar-refractivity contribution is 6.31. The smallest absolute Gasteiger partial charge is 0.278 e. The molecule has 0 saturated carbocycles. The van der Waals surface area contributed by atoms with Crippen molar-refractivity contribution in [3.8, 4) is 28.6 Å². The predicted molar refractivity (Wildman–Crippen MR) is 101 cm³/mol. The van der Waals surface area contributed by atoms with Crippen molar-refractivity contribution in [1.29, 1.82) is 0 Å². The Hall–Kier alpha value is -3.19. The summed E-state index contributed by atoms with van der Waals surface area (Å²) in [6.45, 7) is 0. The van der Waals surface area contributed by atoms with E-state index in [1.165, 1.54) is 20.6 Å². The van der Waals surface area contributed by atoms with Crippen LogP contribution in [0.4, 0.5) is 5.69 Å². The van der Waals surface area contributed by atoms with Crippen molar-refractivity contribution in [1.82, 2.24) is 4.98 Å². The first-order chi connectivity index (χ1) is 13.1. The van der Waals surface area contributed by atoms with Crippen LogP contribution in [0.1, 0.15) is 10.5 Å². The summed E-state index contributed by atoms with van der Waals surface area (Å²) in [7, 11) is 4.58. The van der Waals surface area contributed by atoms with Crippen LogP contribution in [-0.4, -0.2) is 32.2 Å². The molecule has 0 atom stereocenters. The minimum absolute atomic E-state index is 0.115. The Bertz CT molecular complexity index is 970. The van der Waals surface area contributed by atoms with Gasteiger partial charge in [0.1, 0.15) is 5.75 Å². The molecule has 1 amide bonds. The number of nitrogens with zero attached hydrogens (tertiary/aromatic N) is 1. The van der Waals surface area contributed by atoms with E-state index in [1.807, 2.05) is 0 Å². The number of nitrogens with one attached hydrogen (secondary N) is 1.